The molecule has 0 aliphatic carbocycles. The van der Waals surface area contributed by atoms with Gasteiger partial charge in [0, 0.05) is 26.9 Å². The molecule has 0 spiro atoms. The van der Waals surface area contributed by atoms with Crippen molar-refractivity contribution in [2.75, 3.05) is 11.9 Å². The predicted octanol–water partition coefficient (Wildman–Crippen LogP) is 6.86. The van der Waals surface area contributed by atoms with Gasteiger partial charge < -0.3 is 10.1 Å². The second-order valence-corrected chi connectivity index (χ2v) is 10.0. The molecule has 0 radical (unpaired) electrons. The molecule has 3 aromatic carbocycles. The van der Waals surface area contributed by atoms with Gasteiger partial charge in [-0.1, -0.05) is 59.6 Å². The summed E-state index contributed by atoms with van der Waals surface area (Å²) in [7, 11) is 0. The van der Waals surface area contributed by atoms with Crippen molar-refractivity contribution >= 4 is 63.8 Å². The van der Waals surface area contributed by atoms with Gasteiger partial charge in [0.05, 0.1) is 4.91 Å². The van der Waals surface area contributed by atoms with Gasteiger partial charge >= 0.3 is 0 Å². The maximum absolute atomic E-state index is 13.0. The number of ether oxygens (including phenoxy) is 1. The van der Waals surface area contributed by atoms with E-state index in [1.807, 2.05) is 32.0 Å². The Balaban J connectivity index is 1.46. The minimum atomic E-state index is -0.531. The molecule has 4 rings (SSSR count). The van der Waals surface area contributed by atoms with Crippen molar-refractivity contribution in [3.63, 3.8) is 0 Å². The fraction of sp³-hybridized carbons (Fsp3) is 0.148. The number of amides is 3. The molecular formula is C27H22Cl2N2O4S. The van der Waals surface area contributed by atoms with E-state index >= 15 is 0 Å². The quantitative estimate of drug-likeness (QED) is 0.331. The summed E-state index contributed by atoms with van der Waals surface area (Å²) >= 11 is 13.0. The molecule has 1 aliphatic rings. The van der Waals surface area contributed by atoms with E-state index in [0.717, 1.165) is 33.4 Å². The van der Waals surface area contributed by atoms with Crippen LogP contribution in [0.15, 0.2) is 65.6 Å². The molecule has 3 amide bonds. The smallest absolute Gasteiger partial charge is 0.294 e. The summed E-state index contributed by atoms with van der Waals surface area (Å²) in [5, 5.41) is 3.29. The normalized spacial score (nSPS) is 14.4. The molecule has 0 saturated carbocycles. The summed E-state index contributed by atoms with van der Waals surface area (Å²) in [6, 6.07) is 18.0. The van der Waals surface area contributed by atoms with Gasteiger partial charge in [-0.2, -0.15) is 0 Å². The van der Waals surface area contributed by atoms with Crippen LogP contribution in [0, 0.1) is 13.8 Å². The summed E-state index contributed by atoms with van der Waals surface area (Å²) in [6.07, 6.45) is 1.59. The molecule has 1 saturated heterocycles. The first kappa shape index (κ1) is 25.8. The Hall–Kier alpha value is -3.26. The Kier molecular flexibility index (Phi) is 8.04. The first-order valence-electron chi connectivity index (χ1n) is 11.0. The zero-order valence-corrected chi connectivity index (χ0v) is 21.8. The van der Waals surface area contributed by atoms with Crippen molar-refractivity contribution in [1.29, 1.82) is 0 Å². The molecule has 184 valence electrons. The number of hydrogen-bond acceptors (Lipinski definition) is 5. The average Bonchev–Trinajstić information content (AvgIpc) is 3.09. The summed E-state index contributed by atoms with van der Waals surface area (Å²) < 4.78 is 5.94. The number of nitrogens with zero attached hydrogens (tertiary/aromatic N) is 1. The van der Waals surface area contributed by atoms with Crippen molar-refractivity contribution in [3.05, 3.63) is 97.9 Å². The molecule has 1 N–H and O–H groups in total. The summed E-state index contributed by atoms with van der Waals surface area (Å²) in [6.45, 7) is 3.61. The highest BCUT2D eigenvalue weighted by atomic mass is 35.5. The van der Waals surface area contributed by atoms with Gasteiger partial charge in [-0.05, 0) is 67.1 Å². The van der Waals surface area contributed by atoms with Crippen LogP contribution in [0.2, 0.25) is 10.0 Å². The number of benzene rings is 3. The first-order chi connectivity index (χ1) is 17.2. The van der Waals surface area contributed by atoms with Crippen LogP contribution in [0.4, 0.5) is 10.5 Å². The first-order valence-corrected chi connectivity index (χ1v) is 12.6. The van der Waals surface area contributed by atoms with E-state index in [1.54, 1.807) is 48.5 Å². The topological polar surface area (TPSA) is 75.7 Å². The van der Waals surface area contributed by atoms with Gasteiger partial charge in [0.2, 0.25) is 5.91 Å². The number of hydrogen-bond donors (Lipinski definition) is 1. The second-order valence-electron chi connectivity index (χ2n) is 8.20. The van der Waals surface area contributed by atoms with Gasteiger partial charge in [-0.3, -0.25) is 19.3 Å². The fourth-order valence-corrected chi connectivity index (χ4v) is 4.80. The highest BCUT2D eigenvalue weighted by Crippen LogP contribution is 2.34. The number of halogens is 2. The lowest BCUT2D eigenvalue weighted by Crippen LogP contribution is -2.36. The lowest BCUT2D eigenvalue weighted by Gasteiger charge is -2.14. The minimum absolute atomic E-state index is 0.195. The molecule has 9 heteroatoms. The Bertz CT molecular complexity index is 1390. The standard InChI is InChI=1S/C27H22Cl2N2O4S/c1-16-7-8-17(2)22(11-16)30-25(32)14-31-26(33)24(36-27(31)34)12-18-5-3-4-6-23(18)35-15-19-9-10-20(28)13-21(19)29/h3-13H,14-15H2,1-2H3,(H,30,32)/b24-12+. The molecule has 0 aromatic heterocycles. The second kappa shape index (κ2) is 11.2. The van der Waals surface area contributed by atoms with E-state index in [1.165, 1.54) is 0 Å². The van der Waals surface area contributed by atoms with E-state index in [-0.39, 0.29) is 18.1 Å². The highest BCUT2D eigenvalue weighted by molar-refractivity contribution is 8.18. The van der Waals surface area contributed by atoms with Crippen LogP contribution >= 0.6 is 35.0 Å². The SMILES string of the molecule is Cc1ccc(C)c(NC(=O)CN2C(=O)S/C(=C/c3ccccc3OCc3ccc(Cl)cc3Cl)C2=O)c1. The van der Waals surface area contributed by atoms with Crippen molar-refractivity contribution < 1.29 is 19.1 Å². The van der Waals surface area contributed by atoms with E-state index in [4.69, 9.17) is 27.9 Å². The zero-order valence-electron chi connectivity index (χ0n) is 19.5. The molecule has 1 fully saturated rings. The van der Waals surface area contributed by atoms with Crippen molar-refractivity contribution in [3.8, 4) is 5.75 Å². The number of para-hydroxylation sites is 1. The molecule has 1 heterocycles. The van der Waals surface area contributed by atoms with Gasteiger partial charge in [-0.25, -0.2) is 0 Å². The molecule has 0 unspecified atom stereocenters. The van der Waals surface area contributed by atoms with Gasteiger partial charge in [-0.15, -0.1) is 0 Å². The number of anilines is 1. The Labute approximate surface area is 223 Å². The molecule has 6 nitrogen and oxygen atoms in total. The van der Waals surface area contributed by atoms with Crippen molar-refractivity contribution in [1.82, 2.24) is 4.90 Å². The fourth-order valence-electron chi connectivity index (χ4n) is 3.51. The largest absolute Gasteiger partial charge is 0.488 e. The van der Waals surface area contributed by atoms with Crippen LogP contribution in [-0.4, -0.2) is 28.5 Å². The summed E-state index contributed by atoms with van der Waals surface area (Å²) in [4.78, 5) is 39.2. The molecule has 0 bridgehead atoms. The Morgan fingerprint density at radius 1 is 1.06 bits per heavy atom. The molecule has 36 heavy (non-hydrogen) atoms. The van der Waals surface area contributed by atoms with E-state index in [9.17, 15) is 14.4 Å². The zero-order chi connectivity index (χ0) is 25.8. The van der Waals surface area contributed by atoms with Crippen LogP contribution < -0.4 is 10.1 Å². The third-order valence-corrected chi connectivity index (χ3v) is 6.94. The number of carbonyl (C=O) groups excluding carboxylic acids is 3. The van der Waals surface area contributed by atoms with Crippen LogP contribution in [0.3, 0.4) is 0 Å². The molecule has 0 atom stereocenters. The maximum atomic E-state index is 13.0. The van der Waals surface area contributed by atoms with Crippen molar-refractivity contribution in [2.24, 2.45) is 0 Å². The Morgan fingerprint density at radius 2 is 1.83 bits per heavy atom. The van der Waals surface area contributed by atoms with Gasteiger partial charge in [0.15, 0.2) is 0 Å². The van der Waals surface area contributed by atoms with Gasteiger partial charge in [0.1, 0.15) is 18.9 Å². The van der Waals surface area contributed by atoms with E-state index < -0.39 is 17.1 Å². The lowest BCUT2D eigenvalue weighted by atomic mass is 10.1. The molecule has 1 aliphatic heterocycles. The van der Waals surface area contributed by atoms with Crippen LogP contribution in [-0.2, 0) is 16.2 Å². The predicted molar refractivity (Wildman–Crippen MR) is 144 cm³/mol. The van der Waals surface area contributed by atoms with Crippen LogP contribution in [0.25, 0.3) is 6.08 Å². The number of aryl methyl sites for hydroxylation is 2. The van der Waals surface area contributed by atoms with Crippen LogP contribution in [0.1, 0.15) is 22.3 Å². The summed E-state index contributed by atoms with van der Waals surface area (Å²) in [5.41, 5.74) is 3.90. The summed E-state index contributed by atoms with van der Waals surface area (Å²) in [5.74, 6) is -0.463. The van der Waals surface area contributed by atoms with Crippen LogP contribution in [0.5, 0.6) is 5.75 Å². The number of rotatable bonds is 7. The monoisotopic (exact) mass is 540 g/mol. The number of thioether (sulfide) groups is 1. The number of imide groups is 1. The molecule has 3 aromatic rings. The van der Waals surface area contributed by atoms with Gasteiger partial charge in [0.25, 0.3) is 11.1 Å². The maximum Gasteiger partial charge on any atom is 0.294 e. The lowest BCUT2D eigenvalue weighted by molar-refractivity contribution is -0.127. The van der Waals surface area contributed by atoms with E-state index in [0.29, 0.717) is 27.0 Å². The third kappa shape index (κ3) is 6.10. The number of nitrogens with one attached hydrogen (secondary N) is 1. The Morgan fingerprint density at radius 3 is 2.61 bits per heavy atom. The number of carbonyl (C=O) groups is 3. The third-order valence-electron chi connectivity index (χ3n) is 5.45. The average molecular weight is 541 g/mol. The molecular weight excluding hydrogens is 519 g/mol. The van der Waals surface area contributed by atoms with Crippen molar-refractivity contribution in [2.45, 2.75) is 20.5 Å². The highest BCUT2D eigenvalue weighted by Gasteiger charge is 2.36. The van der Waals surface area contributed by atoms with E-state index in [2.05, 4.69) is 5.32 Å². The minimum Gasteiger partial charge on any atom is -0.488 e.